The van der Waals surface area contributed by atoms with Gasteiger partial charge in [-0.1, -0.05) is 47.5 Å². The predicted octanol–water partition coefficient (Wildman–Crippen LogP) is 5.72. The number of fused-ring (bicyclic) bond motifs is 1. The number of benzene rings is 2. The topological polar surface area (TPSA) is 67.7 Å². The van der Waals surface area contributed by atoms with Gasteiger partial charge in [-0.05, 0) is 50.6 Å². The van der Waals surface area contributed by atoms with Crippen molar-refractivity contribution >= 4 is 40.3 Å². The first-order valence-electron chi connectivity index (χ1n) is 10.9. The third-order valence-electron chi connectivity index (χ3n) is 5.99. The van der Waals surface area contributed by atoms with Crippen LogP contribution in [0.4, 0.5) is 10.3 Å². The molecule has 0 bridgehead atoms. The normalized spacial score (nSPS) is 16.9. The highest BCUT2D eigenvalue weighted by atomic mass is 35.5. The molecule has 2 aromatic carbocycles. The van der Waals surface area contributed by atoms with Crippen LogP contribution < -0.4 is 10.6 Å². The summed E-state index contributed by atoms with van der Waals surface area (Å²) in [5.74, 6) is 1.24. The van der Waals surface area contributed by atoms with E-state index < -0.39 is 0 Å². The van der Waals surface area contributed by atoms with E-state index in [1.54, 1.807) is 30.5 Å². The molecule has 0 unspecified atom stereocenters. The minimum absolute atomic E-state index is 0.270. The van der Waals surface area contributed by atoms with E-state index in [-0.39, 0.29) is 11.9 Å². The minimum Gasteiger partial charge on any atom is -0.348 e. The van der Waals surface area contributed by atoms with E-state index in [1.165, 1.54) is 6.07 Å². The number of imidazole rings is 1. The standard InChI is InChI=1S/C24H23Cl2FN6/c1-14(16-5-2-3-8-19(16)27)30-24-29-12-20-22(32-24)33(13-15-9-10-28-11-15)23(31-20)21-17(25)6-4-7-18(21)26/h2-8,12,14-15,28H,9-11,13H2,1H3,(H,29,30,32)/t14-,15-/m0/s1. The van der Waals surface area contributed by atoms with Gasteiger partial charge >= 0.3 is 0 Å². The van der Waals surface area contributed by atoms with Crippen molar-refractivity contribution in [2.75, 3.05) is 18.4 Å². The van der Waals surface area contributed by atoms with Gasteiger partial charge in [-0.15, -0.1) is 0 Å². The molecule has 1 fully saturated rings. The van der Waals surface area contributed by atoms with Crippen LogP contribution in [0.5, 0.6) is 0 Å². The van der Waals surface area contributed by atoms with E-state index in [1.807, 2.05) is 19.1 Å². The number of nitrogens with zero attached hydrogens (tertiary/aromatic N) is 4. The molecule has 1 saturated heterocycles. The summed E-state index contributed by atoms with van der Waals surface area (Å²) in [4.78, 5) is 14.0. The lowest BCUT2D eigenvalue weighted by Gasteiger charge is -2.16. The van der Waals surface area contributed by atoms with Crippen LogP contribution >= 0.6 is 23.2 Å². The second kappa shape index (κ2) is 9.25. The largest absolute Gasteiger partial charge is 0.348 e. The Kier molecular flexibility index (Phi) is 6.19. The lowest BCUT2D eigenvalue weighted by atomic mass is 10.1. The fourth-order valence-corrected chi connectivity index (χ4v) is 4.86. The van der Waals surface area contributed by atoms with Crippen LogP contribution in [0.25, 0.3) is 22.6 Å². The Labute approximate surface area is 201 Å². The highest BCUT2D eigenvalue weighted by Gasteiger charge is 2.24. The predicted molar refractivity (Wildman–Crippen MR) is 130 cm³/mol. The van der Waals surface area contributed by atoms with Gasteiger partial charge in [0, 0.05) is 12.1 Å². The molecule has 2 N–H and O–H groups in total. The van der Waals surface area contributed by atoms with Crippen molar-refractivity contribution in [1.29, 1.82) is 0 Å². The smallest absolute Gasteiger partial charge is 0.225 e. The van der Waals surface area contributed by atoms with Crippen LogP contribution in [0.15, 0.2) is 48.7 Å². The Morgan fingerprint density at radius 2 is 1.94 bits per heavy atom. The summed E-state index contributed by atoms with van der Waals surface area (Å²) in [6.45, 7) is 4.51. The van der Waals surface area contributed by atoms with Crippen LogP contribution in [0.2, 0.25) is 10.0 Å². The fraction of sp³-hybridized carbons (Fsp3) is 0.292. The highest BCUT2D eigenvalue weighted by molar-refractivity contribution is 6.39. The second-order valence-electron chi connectivity index (χ2n) is 8.29. The quantitative estimate of drug-likeness (QED) is 0.366. The average molecular weight is 485 g/mol. The first kappa shape index (κ1) is 22.1. The summed E-state index contributed by atoms with van der Waals surface area (Å²) in [6.07, 6.45) is 2.74. The summed E-state index contributed by atoms with van der Waals surface area (Å²) in [7, 11) is 0. The molecule has 4 aromatic rings. The summed E-state index contributed by atoms with van der Waals surface area (Å²) in [5.41, 5.74) is 2.57. The Balaban J connectivity index is 1.58. The number of hydrogen-bond donors (Lipinski definition) is 2. The van der Waals surface area contributed by atoms with Gasteiger partial charge in [0.1, 0.15) is 17.2 Å². The van der Waals surface area contributed by atoms with Gasteiger partial charge in [0.15, 0.2) is 5.65 Å². The Hall–Kier alpha value is -2.74. The third-order valence-corrected chi connectivity index (χ3v) is 6.62. The van der Waals surface area contributed by atoms with Gasteiger partial charge in [0.05, 0.1) is 27.8 Å². The van der Waals surface area contributed by atoms with Crippen molar-refractivity contribution in [2.45, 2.75) is 25.9 Å². The summed E-state index contributed by atoms with van der Waals surface area (Å²) in [6, 6.07) is 11.8. The maximum atomic E-state index is 14.2. The van der Waals surface area contributed by atoms with E-state index in [2.05, 4.69) is 20.2 Å². The summed E-state index contributed by atoms with van der Waals surface area (Å²) in [5, 5.41) is 7.69. The molecule has 0 radical (unpaired) electrons. The second-order valence-corrected chi connectivity index (χ2v) is 9.11. The summed E-state index contributed by atoms with van der Waals surface area (Å²) < 4.78 is 16.3. The fourth-order valence-electron chi connectivity index (χ4n) is 4.29. The van der Waals surface area contributed by atoms with Gasteiger partial charge in [-0.3, -0.25) is 0 Å². The van der Waals surface area contributed by atoms with E-state index in [4.69, 9.17) is 33.2 Å². The maximum absolute atomic E-state index is 14.2. The zero-order valence-corrected chi connectivity index (χ0v) is 19.5. The molecule has 170 valence electrons. The van der Waals surface area contributed by atoms with Crippen molar-refractivity contribution < 1.29 is 4.39 Å². The number of aromatic nitrogens is 4. The van der Waals surface area contributed by atoms with Gasteiger partial charge in [0.2, 0.25) is 5.95 Å². The lowest BCUT2D eigenvalue weighted by Crippen LogP contribution is -2.16. The van der Waals surface area contributed by atoms with Crippen molar-refractivity contribution in [3.8, 4) is 11.4 Å². The van der Waals surface area contributed by atoms with Gasteiger partial charge in [-0.2, -0.15) is 4.98 Å². The molecule has 2 aromatic heterocycles. The zero-order chi connectivity index (χ0) is 22.9. The highest BCUT2D eigenvalue weighted by Crippen LogP contribution is 2.36. The Bertz CT molecular complexity index is 1280. The molecule has 0 saturated carbocycles. The van der Waals surface area contributed by atoms with E-state index in [9.17, 15) is 4.39 Å². The number of rotatable bonds is 6. The number of nitrogens with one attached hydrogen (secondary N) is 2. The Morgan fingerprint density at radius 1 is 1.15 bits per heavy atom. The molecule has 5 rings (SSSR count). The van der Waals surface area contributed by atoms with Crippen LogP contribution in [0.3, 0.4) is 0 Å². The van der Waals surface area contributed by atoms with E-state index in [0.29, 0.717) is 50.0 Å². The molecule has 2 atom stereocenters. The Morgan fingerprint density at radius 3 is 2.67 bits per heavy atom. The molecule has 0 aliphatic carbocycles. The molecule has 33 heavy (non-hydrogen) atoms. The minimum atomic E-state index is -0.309. The first-order valence-corrected chi connectivity index (χ1v) is 11.7. The van der Waals surface area contributed by atoms with Crippen molar-refractivity contribution in [1.82, 2.24) is 24.8 Å². The van der Waals surface area contributed by atoms with E-state index >= 15 is 0 Å². The SMILES string of the molecule is C[C@H](Nc1ncc2nc(-c3c(Cl)cccc3Cl)n(C[C@H]3CCNC3)c2n1)c1ccccc1F. The van der Waals surface area contributed by atoms with Crippen molar-refractivity contribution in [3.63, 3.8) is 0 Å². The first-order chi connectivity index (χ1) is 16.0. The van der Waals surface area contributed by atoms with Crippen LogP contribution in [0, 0.1) is 11.7 Å². The molecule has 9 heteroatoms. The third kappa shape index (κ3) is 4.40. The monoisotopic (exact) mass is 484 g/mol. The van der Waals surface area contributed by atoms with Crippen molar-refractivity contribution in [3.05, 3.63) is 70.1 Å². The van der Waals surface area contributed by atoms with Gasteiger partial charge in [-0.25, -0.2) is 14.4 Å². The average Bonchev–Trinajstić information content (AvgIpc) is 3.43. The molecule has 1 aliphatic rings. The molecule has 6 nitrogen and oxygen atoms in total. The number of halogens is 3. The van der Waals surface area contributed by atoms with Crippen LogP contribution in [-0.2, 0) is 6.54 Å². The molecule has 3 heterocycles. The number of hydrogen-bond acceptors (Lipinski definition) is 5. The number of anilines is 1. The molecule has 0 spiro atoms. The lowest BCUT2D eigenvalue weighted by molar-refractivity contribution is 0.490. The molecular formula is C24H23Cl2FN6. The van der Waals surface area contributed by atoms with Crippen molar-refractivity contribution in [2.24, 2.45) is 5.92 Å². The van der Waals surface area contributed by atoms with Crippen LogP contribution in [-0.4, -0.2) is 32.6 Å². The molecular weight excluding hydrogens is 462 g/mol. The van der Waals surface area contributed by atoms with Gasteiger partial charge in [0.25, 0.3) is 0 Å². The summed E-state index contributed by atoms with van der Waals surface area (Å²) >= 11 is 13.1. The molecule has 0 amide bonds. The molecule has 1 aliphatic heterocycles. The van der Waals surface area contributed by atoms with E-state index in [0.717, 1.165) is 26.1 Å². The maximum Gasteiger partial charge on any atom is 0.225 e. The van der Waals surface area contributed by atoms with Crippen LogP contribution in [0.1, 0.15) is 24.9 Å². The van der Waals surface area contributed by atoms with Gasteiger partial charge < -0.3 is 15.2 Å². The zero-order valence-electron chi connectivity index (χ0n) is 18.0.